The van der Waals surface area contributed by atoms with E-state index in [2.05, 4.69) is 9.88 Å². The number of hydrogen-bond donors (Lipinski definition) is 1. The summed E-state index contributed by atoms with van der Waals surface area (Å²) in [4.78, 5) is 18.9. The second kappa shape index (κ2) is 6.75. The van der Waals surface area contributed by atoms with Crippen LogP contribution in [0.15, 0.2) is 29.2 Å². The number of rotatable bonds is 2. The summed E-state index contributed by atoms with van der Waals surface area (Å²) in [5.41, 5.74) is 7.23. The molecule has 0 atom stereocenters. The minimum atomic E-state index is -0.0961. The van der Waals surface area contributed by atoms with Crippen molar-refractivity contribution in [1.82, 2.24) is 14.3 Å². The van der Waals surface area contributed by atoms with Gasteiger partial charge in [-0.2, -0.15) is 0 Å². The van der Waals surface area contributed by atoms with Gasteiger partial charge in [-0.3, -0.25) is 14.1 Å². The minimum absolute atomic E-state index is 0. The van der Waals surface area contributed by atoms with Gasteiger partial charge in [-0.05, 0) is 25.0 Å². The summed E-state index contributed by atoms with van der Waals surface area (Å²) in [5.74, 6) is 0. The van der Waals surface area contributed by atoms with Crippen molar-refractivity contribution in [3.63, 3.8) is 0 Å². The number of aromatic nitrogens is 2. The standard InChI is InChI=1S/C14H17ClN4O.ClH/c15-10-1-2-13-17-12(7-14(20)19(13)8-10)9-18-5-3-11(16)4-6-18;/h1-2,7-8,11H,3-6,9,16H2;1H. The lowest BCUT2D eigenvalue weighted by atomic mass is 10.1. The van der Waals surface area contributed by atoms with Gasteiger partial charge in [0.15, 0.2) is 0 Å². The van der Waals surface area contributed by atoms with E-state index in [1.807, 2.05) is 0 Å². The molecule has 7 heteroatoms. The molecule has 0 bridgehead atoms. The van der Waals surface area contributed by atoms with E-state index in [0.717, 1.165) is 31.6 Å². The van der Waals surface area contributed by atoms with Crippen molar-refractivity contribution in [2.75, 3.05) is 13.1 Å². The molecule has 3 rings (SSSR count). The van der Waals surface area contributed by atoms with Gasteiger partial charge in [-0.1, -0.05) is 11.6 Å². The van der Waals surface area contributed by atoms with Crippen molar-refractivity contribution in [3.8, 4) is 0 Å². The van der Waals surface area contributed by atoms with Crippen LogP contribution in [0.4, 0.5) is 0 Å². The predicted octanol–water partition coefficient (Wildman–Crippen LogP) is 1.69. The first-order valence-corrected chi connectivity index (χ1v) is 7.15. The molecule has 1 aliphatic rings. The lowest BCUT2D eigenvalue weighted by Crippen LogP contribution is -2.39. The summed E-state index contributed by atoms with van der Waals surface area (Å²) < 4.78 is 1.47. The minimum Gasteiger partial charge on any atom is -0.328 e. The Morgan fingerprint density at radius 3 is 2.76 bits per heavy atom. The number of piperidine rings is 1. The molecule has 1 fully saturated rings. The van der Waals surface area contributed by atoms with E-state index < -0.39 is 0 Å². The molecular formula is C14H18Cl2N4O. The van der Waals surface area contributed by atoms with Gasteiger partial charge in [0.25, 0.3) is 5.56 Å². The van der Waals surface area contributed by atoms with Gasteiger partial charge in [-0.25, -0.2) is 4.98 Å². The lowest BCUT2D eigenvalue weighted by Gasteiger charge is -2.29. The highest BCUT2D eigenvalue weighted by molar-refractivity contribution is 6.30. The first kappa shape index (κ1) is 16.2. The average Bonchev–Trinajstić information content (AvgIpc) is 2.42. The molecule has 0 aromatic carbocycles. The molecule has 5 nitrogen and oxygen atoms in total. The summed E-state index contributed by atoms with van der Waals surface area (Å²) in [6, 6.07) is 5.40. The van der Waals surface area contributed by atoms with Crippen LogP contribution in [0.3, 0.4) is 0 Å². The first-order chi connectivity index (χ1) is 9.61. The Bertz CT molecular complexity index is 680. The Morgan fingerprint density at radius 2 is 2.05 bits per heavy atom. The van der Waals surface area contributed by atoms with Gasteiger partial charge in [0.05, 0.1) is 10.7 Å². The Balaban J connectivity index is 0.00000161. The van der Waals surface area contributed by atoms with Crippen LogP contribution < -0.4 is 11.3 Å². The van der Waals surface area contributed by atoms with Crippen LogP contribution in [-0.4, -0.2) is 33.4 Å². The molecule has 0 radical (unpaired) electrons. The van der Waals surface area contributed by atoms with E-state index in [-0.39, 0.29) is 18.0 Å². The van der Waals surface area contributed by atoms with Gasteiger partial charge in [0.2, 0.25) is 0 Å². The van der Waals surface area contributed by atoms with Gasteiger partial charge < -0.3 is 5.73 Å². The zero-order valence-corrected chi connectivity index (χ0v) is 13.1. The third kappa shape index (κ3) is 3.74. The van der Waals surface area contributed by atoms with Crippen molar-refractivity contribution < 1.29 is 0 Å². The summed E-state index contributed by atoms with van der Waals surface area (Å²) in [5, 5.41) is 0.527. The third-order valence-corrected chi connectivity index (χ3v) is 3.92. The highest BCUT2D eigenvalue weighted by atomic mass is 35.5. The molecule has 0 saturated carbocycles. The number of fused-ring (bicyclic) bond motifs is 1. The van der Waals surface area contributed by atoms with Gasteiger partial charge in [0.1, 0.15) is 5.65 Å². The lowest BCUT2D eigenvalue weighted by molar-refractivity contribution is 0.203. The van der Waals surface area contributed by atoms with Crippen molar-refractivity contribution in [2.45, 2.75) is 25.4 Å². The molecular weight excluding hydrogens is 311 g/mol. The Hall–Kier alpha value is -1.14. The van der Waals surface area contributed by atoms with Crippen LogP contribution in [-0.2, 0) is 6.54 Å². The Labute approximate surface area is 134 Å². The fourth-order valence-corrected chi connectivity index (χ4v) is 2.71. The second-order valence-electron chi connectivity index (χ2n) is 5.27. The number of hydrogen-bond acceptors (Lipinski definition) is 4. The predicted molar refractivity (Wildman–Crippen MR) is 86.2 cm³/mol. The molecule has 114 valence electrons. The van der Waals surface area contributed by atoms with Gasteiger partial charge in [-0.15, -0.1) is 12.4 Å². The number of halogens is 2. The molecule has 1 saturated heterocycles. The maximum Gasteiger partial charge on any atom is 0.258 e. The molecule has 0 amide bonds. The van der Waals surface area contributed by atoms with Gasteiger partial charge in [0, 0.05) is 37.9 Å². The van der Waals surface area contributed by atoms with Gasteiger partial charge >= 0.3 is 0 Å². The topological polar surface area (TPSA) is 63.6 Å². The average molecular weight is 329 g/mol. The summed E-state index contributed by atoms with van der Waals surface area (Å²) in [6.07, 6.45) is 3.60. The first-order valence-electron chi connectivity index (χ1n) is 6.77. The monoisotopic (exact) mass is 328 g/mol. The molecule has 3 heterocycles. The Kier molecular flexibility index (Phi) is 5.22. The molecule has 21 heavy (non-hydrogen) atoms. The van der Waals surface area contributed by atoms with Crippen LogP contribution >= 0.6 is 24.0 Å². The number of nitrogens with two attached hydrogens (primary N) is 1. The van der Waals surface area contributed by atoms with Crippen LogP contribution in [0.1, 0.15) is 18.5 Å². The summed E-state index contributed by atoms with van der Waals surface area (Å²) in [6.45, 7) is 2.62. The summed E-state index contributed by atoms with van der Waals surface area (Å²) >= 11 is 5.89. The smallest absolute Gasteiger partial charge is 0.258 e. The van der Waals surface area contributed by atoms with Crippen LogP contribution in [0.25, 0.3) is 5.65 Å². The van der Waals surface area contributed by atoms with Crippen LogP contribution in [0, 0.1) is 0 Å². The SMILES string of the molecule is Cl.NC1CCN(Cc2cc(=O)n3cc(Cl)ccc3n2)CC1. The quantitative estimate of drug-likeness (QED) is 0.911. The van der Waals surface area contributed by atoms with Crippen LogP contribution in [0.5, 0.6) is 0 Å². The highest BCUT2D eigenvalue weighted by Crippen LogP contribution is 2.12. The maximum atomic E-state index is 12.1. The molecule has 2 N–H and O–H groups in total. The zero-order valence-electron chi connectivity index (χ0n) is 11.5. The second-order valence-corrected chi connectivity index (χ2v) is 5.71. The van der Waals surface area contributed by atoms with E-state index in [1.165, 1.54) is 4.40 Å². The van der Waals surface area contributed by atoms with Crippen molar-refractivity contribution in [1.29, 1.82) is 0 Å². The molecule has 0 spiro atoms. The van der Waals surface area contributed by atoms with Crippen molar-refractivity contribution in [3.05, 3.63) is 45.5 Å². The highest BCUT2D eigenvalue weighted by Gasteiger charge is 2.16. The molecule has 0 unspecified atom stereocenters. The largest absolute Gasteiger partial charge is 0.328 e. The van der Waals surface area contributed by atoms with E-state index in [4.69, 9.17) is 17.3 Å². The summed E-state index contributed by atoms with van der Waals surface area (Å²) in [7, 11) is 0. The Morgan fingerprint density at radius 1 is 1.33 bits per heavy atom. The van der Waals surface area contributed by atoms with Crippen molar-refractivity contribution >= 4 is 29.7 Å². The molecule has 2 aromatic rings. The maximum absolute atomic E-state index is 12.1. The molecule has 0 aliphatic carbocycles. The number of likely N-dealkylation sites (tertiary alicyclic amines) is 1. The van der Waals surface area contributed by atoms with E-state index in [1.54, 1.807) is 24.4 Å². The number of nitrogens with zero attached hydrogens (tertiary/aromatic N) is 3. The fraction of sp³-hybridized carbons (Fsp3) is 0.429. The van der Waals surface area contributed by atoms with E-state index >= 15 is 0 Å². The molecule has 2 aromatic heterocycles. The van der Waals surface area contributed by atoms with E-state index in [0.29, 0.717) is 23.3 Å². The molecule has 1 aliphatic heterocycles. The third-order valence-electron chi connectivity index (χ3n) is 3.69. The normalized spacial score (nSPS) is 16.9. The van der Waals surface area contributed by atoms with E-state index in [9.17, 15) is 4.79 Å². The zero-order chi connectivity index (χ0) is 14.1. The van der Waals surface area contributed by atoms with Crippen LogP contribution in [0.2, 0.25) is 5.02 Å². The number of pyridine rings is 1. The fourth-order valence-electron chi connectivity index (χ4n) is 2.55. The van der Waals surface area contributed by atoms with Crippen molar-refractivity contribution in [2.24, 2.45) is 5.73 Å².